The number of benzene rings is 2. The van der Waals surface area contributed by atoms with Gasteiger partial charge in [-0.15, -0.1) is 0 Å². The topological polar surface area (TPSA) is 66.8 Å². The molecule has 0 aliphatic heterocycles. The van der Waals surface area contributed by atoms with Crippen molar-refractivity contribution in [2.24, 2.45) is 0 Å². The molecule has 1 atom stereocenters. The van der Waals surface area contributed by atoms with E-state index in [2.05, 4.69) is 0 Å². The van der Waals surface area contributed by atoms with E-state index in [0.29, 0.717) is 6.42 Å². The van der Waals surface area contributed by atoms with Gasteiger partial charge in [0.05, 0.1) is 12.3 Å². The first-order valence-corrected chi connectivity index (χ1v) is 8.98. The first-order valence-electron chi connectivity index (χ1n) is 7.18. The van der Waals surface area contributed by atoms with Crippen LogP contribution in [-0.4, -0.2) is 22.1 Å². The van der Waals surface area contributed by atoms with Crippen LogP contribution in [0.15, 0.2) is 42.5 Å². The van der Waals surface area contributed by atoms with Gasteiger partial charge in [0, 0.05) is 5.39 Å². The summed E-state index contributed by atoms with van der Waals surface area (Å²) in [6.45, 7) is 2.04. The van der Waals surface area contributed by atoms with Crippen molar-refractivity contribution in [1.29, 1.82) is 0 Å². The number of hydrogen-bond acceptors (Lipinski definition) is 2. The minimum atomic E-state index is -3.98. The molecule has 0 aliphatic rings. The molecule has 0 saturated heterocycles. The predicted octanol–water partition coefficient (Wildman–Crippen LogP) is 3.96. The lowest BCUT2D eigenvalue weighted by molar-refractivity contribution is 0.186. The van der Waals surface area contributed by atoms with E-state index in [1.165, 1.54) is 0 Å². The van der Waals surface area contributed by atoms with E-state index >= 15 is 0 Å². The molecule has 2 aromatic rings. The molecule has 0 radical (unpaired) electrons. The van der Waals surface area contributed by atoms with Gasteiger partial charge in [-0.05, 0) is 24.3 Å². The van der Waals surface area contributed by atoms with Gasteiger partial charge in [-0.3, -0.25) is 4.57 Å². The van der Waals surface area contributed by atoms with Crippen molar-refractivity contribution in [2.75, 3.05) is 6.16 Å². The molecule has 2 N–H and O–H groups in total. The fourth-order valence-corrected chi connectivity index (χ4v) is 3.00. The van der Waals surface area contributed by atoms with Gasteiger partial charge in [0.2, 0.25) is 0 Å². The Hall–Kier alpha value is -1.35. The number of hydrogen-bond donors (Lipinski definition) is 2. The molecule has 5 heteroatoms. The Bertz CT molecular complexity index is 630. The van der Waals surface area contributed by atoms with Crippen LogP contribution in [0.2, 0.25) is 0 Å². The van der Waals surface area contributed by atoms with E-state index in [9.17, 15) is 4.57 Å². The van der Waals surface area contributed by atoms with E-state index in [0.717, 1.165) is 29.4 Å². The second kappa shape index (κ2) is 7.08. The molecule has 2 aromatic carbocycles. The summed E-state index contributed by atoms with van der Waals surface area (Å²) in [4.78, 5) is 18.1. The first-order chi connectivity index (χ1) is 9.99. The summed E-state index contributed by atoms with van der Waals surface area (Å²) >= 11 is 0. The monoisotopic (exact) mass is 308 g/mol. The summed E-state index contributed by atoms with van der Waals surface area (Å²) in [5.74, 6) is 0.775. The zero-order chi connectivity index (χ0) is 15.3. The highest BCUT2D eigenvalue weighted by Gasteiger charge is 2.18. The molecule has 0 fully saturated rings. The highest BCUT2D eigenvalue weighted by molar-refractivity contribution is 7.51. The van der Waals surface area contributed by atoms with Crippen LogP contribution >= 0.6 is 7.60 Å². The predicted molar refractivity (Wildman–Crippen MR) is 84.8 cm³/mol. The van der Waals surface area contributed by atoms with E-state index in [1.807, 2.05) is 49.4 Å². The van der Waals surface area contributed by atoms with Crippen LogP contribution in [0, 0.1) is 0 Å². The quantitative estimate of drug-likeness (QED) is 0.760. The first kappa shape index (κ1) is 16.0. The Balaban J connectivity index is 2.16. The number of fused-ring (bicyclic) bond motifs is 1. The Morgan fingerprint density at radius 1 is 1.10 bits per heavy atom. The zero-order valence-corrected chi connectivity index (χ0v) is 13.0. The Morgan fingerprint density at radius 3 is 2.52 bits per heavy atom. The van der Waals surface area contributed by atoms with Crippen molar-refractivity contribution in [2.45, 2.75) is 32.3 Å². The summed E-state index contributed by atoms with van der Waals surface area (Å²) in [7, 11) is -3.98. The van der Waals surface area contributed by atoms with Crippen molar-refractivity contribution in [3.63, 3.8) is 0 Å². The lowest BCUT2D eigenvalue weighted by atomic mass is 10.1. The van der Waals surface area contributed by atoms with Crippen LogP contribution < -0.4 is 4.74 Å². The van der Waals surface area contributed by atoms with Crippen molar-refractivity contribution >= 4 is 18.4 Å². The van der Waals surface area contributed by atoms with Gasteiger partial charge in [-0.25, -0.2) is 0 Å². The summed E-state index contributed by atoms with van der Waals surface area (Å²) in [5, 5.41) is 2.12. The standard InChI is InChI=1S/C16H21O4P/c1-2-6-14(11-12-21(17,18)19)20-16-10-5-8-13-7-3-4-9-15(13)16/h3-5,7-10,14H,2,6,11-12H2,1H3,(H2,17,18,19). The van der Waals surface area contributed by atoms with Gasteiger partial charge < -0.3 is 14.5 Å². The molecule has 1 unspecified atom stereocenters. The normalized spacial score (nSPS) is 13.3. The second-order valence-corrected chi connectivity index (χ2v) is 6.96. The maximum absolute atomic E-state index is 11.0. The van der Waals surface area contributed by atoms with Gasteiger partial charge in [-0.1, -0.05) is 49.7 Å². The van der Waals surface area contributed by atoms with Gasteiger partial charge >= 0.3 is 7.60 Å². The molecule has 0 bridgehead atoms. The highest BCUT2D eigenvalue weighted by atomic mass is 31.2. The molecule has 114 valence electrons. The third kappa shape index (κ3) is 4.85. The molecule has 0 amide bonds. The third-order valence-corrected chi connectivity index (χ3v) is 4.24. The third-order valence-electron chi connectivity index (χ3n) is 3.40. The largest absolute Gasteiger partial charge is 0.490 e. The molecular weight excluding hydrogens is 287 g/mol. The minimum Gasteiger partial charge on any atom is -0.490 e. The Morgan fingerprint density at radius 2 is 1.81 bits per heavy atom. The molecule has 0 aromatic heterocycles. The molecular formula is C16H21O4P. The summed E-state index contributed by atoms with van der Waals surface area (Å²) in [5.41, 5.74) is 0. The fraction of sp³-hybridized carbons (Fsp3) is 0.375. The molecule has 21 heavy (non-hydrogen) atoms. The van der Waals surface area contributed by atoms with Crippen LogP contribution in [0.5, 0.6) is 5.75 Å². The van der Waals surface area contributed by atoms with Crippen LogP contribution in [-0.2, 0) is 4.57 Å². The van der Waals surface area contributed by atoms with E-state index in [1.54, 1.807) is 0 Å². The van der Waals surface area contributed by atoms with Crippen LogP contribution in [0.1, 0.15) is 26.2 Å². The average molecular weight is 308 g/mol. The van der Waals surface area contributed by atoms with E-state index in [-0.39, 0.29) is 12.3 Å². The minimum absolute atomic E-state index is 0.136. The van der Waals surface area contributed by atoms with E-state index in [4.69, 9.17) is 14.5 Å². The van der Waals surface area contributed by atoms with Crippen LogP contribution in [0.25, 0.3) is 10.8 Å². The number of ether oxygens (including phenoxy) is 1. The Kier molecular flexibility index (Phi) is 5.40. The zero-order valence-electron chi connectivity index (χ0n) is 12.1. The second-order valence-electron chi connectivity index (χ2n) is 5.18. The van der Waals surface area contributed by atoms with Gasteiger partial charge in [0.25, 0.3) is 0 Å². The molecule has 2 rings (SSSR count). The van der Waals surface area contributed by atoms with Crippen molar-refractivity contribution in [1.82, 2.24) is 0 Å². The average Bonchev–Trinajstić information content (AvgIpc) is 2.44. The van der Waals surface area contributed by atoms with Crippen molar-refractivity contribution < 1.29 is 19.1 Å². The van der Waals surface area contributed by atoms with E-state index < -0.39 is 7.60 Å². The Labute approximate surface area is 124 Å². The van der Waals surface area contributed by atoms with Crippen molar-refractivity contribution in [3.05, 3.63) is 42.5 Å². The molecule has 4 nitrogen and oxygen atoms in total. The van der Waals surface area contributed by atoms with Gasteiger partial charge in [-0.2, -0.15) is 0 Å². The van der Waals surface area contributed by atoms with Gasteiger partial charge in [0.15, 0.2) is 0 Å². The maximum atomic E-state index is 11.0. The molecule has 0 heterocycles. The van der Waals surface area contributed by atoms with Crippen LogP contribution in [0.4, 0.5) is 0 Å². The lowest BCUT2D eigenvalue weighted by Crippen LogP contribution is -2.18. The summed E-state index contributed by atoms with van der Waals surface area (Å²) in [6.07, 6.45) is 1.75. The SMILES string of the molecule is CCCC(CCP(=O)(O)O)Oc1cccc2ccccc12. The summed E-state index contributed by atoms with van der Waals surface area (Å²) in [6, 6.07) is 13.8. The lowest BCUT2D eigenvalue weighted by Gasteiger charge is -2.20. The smallest absolute Gasteiger partial charge is 0.325 e. The fourth-order valence-electron chi connectivity index (χ4n) is 2.37. The van der Waals surface area contributed by atoms with Gasteiger partial charge in [0.1, 0.15) is 5.75 Å². The molecule has 0 saturated carbocycles. The van der Waals surface area contributed by atoms with Crippen molar-refractivity contribution in [3.8, 4) is 5.75 Å². The number of rotatable bonds is 7. The maximum Gasteiger partial charge on any atom is 0.325 e. The summed E-state index contributed by atoms with van der Waals surface area (Å²) < 4.78 is 17.1. The van der Waals surface area contributed by atoms with Crippen LogP contribution in [0.3, 0.4) is 0 Å². The highest BCUT2D eigenvalue weighted by Crippen LogP contribution is 2.36. The molecule has 0 spiro atoms. The molecule has 0 aliphatic carbocycles.